The van der Waals surface area contributed by atoms with E-state index in [4.69, 9.17) is 0 Å². The molecule has 0 aliphatic heterocycles. The molecule has 4 nitrogen and oxygen atoms in total. The second kappa shape index (κ2) is 9.92. The Morgan fingerprint density at radius 1 is 1.00 bits per heavy atom. The third-order valence-electron chi connectivity index (χ3n) is 5.81. The van der Waals surface area contributed by atoms with Gasteiger partial charge in [-0.3, -0.25) is 14.5 Å². The van der Waals surface area contributed by atoms with E-state index in [1.165, 1.54) is 0 Å². The van der Waals surface area contributed by atoms with Gasteiger partial charge in [-0.1, -0.05) is 66.9 Å². The highest BCUT2D eigenvalue weighted by Gasteiger charge is 2.34. The molecule has 0 spiro atoms. The van der Waals surface area contributed by atoms with E-state index >= 15 is 0 Å². The van der Waals surface area contributed by atoms with Crippen LogP contribution in [0.3, 0.4) is 0 Å². The molecule has 1 heterocycles. The number of hydrogen-bond acceptors (Lipinski definition) is 3. The summed E-state index contributed by atoms with van der Waals surface area (Å²) in [6, 6.07) is 20.8. The van der Waals surface area contributed by atoms with Crippen molar-refractivity contribution in [2.75, 3.05) is 4.90 Å². The number of carbonyl (C=O) groups excluding carboxylic acids is 2. The zero-order valence-corrected chi connectivity index (χ0v) is 18.6. The third kappa shape index (κ3) is 5.23. The lowest BCUT2D eigenvalue weighted by molar-refractivity contribution is -0.127. The van der Waals surface area contributed by atoms with Crippen LogP contribution in [0.15, 0.2) is 72.1 Å². The molecule has 1 saturated carbocycles. The van der Waals surface area contributed by atoms with Gasteiger partial charge in [-0.2, -0.15) is 0 Å². The molecule has 1 aromatic heterocycles. The Morgan fingerprint density at radius 2 is 1.71 bits per heavy atom. The molecule has 1 aliphatic carbocycles. The SMILES string of the molecule is Cc1ccc([C@@H](C(=O)NC2CCCC2)N(C(=O)Cc2cccs2)c2ccccc2)cc1. The van der Waals surface area contributed by atoms with Crippen LogP contribution in [0.2, 0.25) is 0 Å². The number of amides is 2. The van der Waals surface area contributed by atoms with E-state index in [1.54, 1.807) is 16.2 Å². The Labute approximate surface area is 187 Å². The normalized spacial score (nSPS) is 14.9. The first kappa shape index (κ1) is 21.3. The first-order chi connectivity index (χ1) is 15.1. The standard InChI is InChI=1S/C26H28N2O2S/c1-19-13-15-20(16-14-19)25(26(30)27-21-8-5-6-9-21)28(22-10-3-2-4-11-22)24(29)18-23-12-7-17-31-23/h2-4,7,10-17,21,25H,5-6,8-9,18H2,1H3,(H,27,30)/t25-/m0/s1. The van der Waals surface area contributed by atoms with E-state index in [1.807, 2.05) is 79.0 Å². The van der Waals surface area contributed by atoms with Crippen LogP contribution in [0.1, 0.15) is 47.7 Å². The number of anilines is 1. The number of hydrogen-bond donors (Lipinski definition) is 1. The Balaban J connectivity index is 1.73. The van der Waals surface area contributed by atoms with Gasteiger partial charge in [-0.05, 0) is 48.9 Å². The Bertz CT molecular complexity index is 994. The van der Waals surface area contributed by atoms with Crippen molar-refractivity contribution < 1.29 is 9.59 Å². The molecule has 1 N–H and O–H groups in total. The topological polar surface area (TPSA) is 49.4 Å². The van der Waals surface area contributed by atoms with E-state index < -0.39 is 6.04 Å². The summed E-state index contributed by atoms with van der Waals surface area (Å²) in [7, 11) is 0. The van der Waals surface area contributed by atoms with E-state index in [9.17, 15) is 9.59 Å². The fourth-order valence-corrected chi connectivity index (χ4v) is 4.89. The highest BCUT2D eigenvalue weighted by molar-refractivity contribution is 7.10. The number of para-hydroxylation sites is 1. The van der Waals surface area contributed by atoms with Crippen LogP contribution < -0.4 is 10.2 Å². The minimum Gasteiger partial charge on any atom is -0.351 e. The van der Waals surface area contributed by atoms with Gasteiger partial charge in [0.25, 0.3) is 0 Å². The third-order valence-corrected chi connectivity index (χ3v) is 6.69. The van der Waals surface area contributed by atoms with Crippen LogP contribution in [0.4, 0.5) is 5.69 Å². The number of thiophene rings is 1. The molecule has 0 saturated heterocycles. The van der Waals surface area contributed by atoms with Gasteiger partial charge in [-0.25, -0.2) is 0 Å². The van der Waals surface area contributed by atoms with Gasteiger partial charge in [0, 0.05) is 16.6 Å². The molecule has 0 bridgehead atoms. The average Bonchev–Trinajstić information content (AvgIpc) is 3.47. The molecule has 0 radical (unpaired) electrons. The molecule has 1 fully saturated rings. The minimum absolute atomic E-state index is 0.0826. The van der Waals surface area contributed by atoms with Crippen molar-refractivity contribution in [3.05, 3.63) is 88.1 Å². The summed E-state index contributed by atoms with van der Waals surface area (Å²) in [5.74, 6) is -0.195. The second-order valence-electron chi connectivity index (χ2n) is 8.16. The van der Waals surface area contributed by atoms with Crippen LogP contribution in [0.5, 0.6) is 0 Å². The van der Waals surface area contributed by atoms with Crippen LogP contribution in [-0.2, 0) is 16.0 Å². The maximum Gasteiger partial charge on any atom is 0.248 e. The van der Waals surface area contributed by atoms with Crippen molar-refractivity contribution in [3.63, 3.8) is 0 Å². The first-order valence-electron chi connectivity index (χ1n) is 10.9. The number of rotatable bonds is 7. The summed E-state index contributed by atoms with van der Waals surface area (Å²) < 4.78 is 0. The summed E-state index contributed by atoms with van der Waals surface area (Å²) in [5, 5.41) is 5.20. The zero-order valence-electron chi connectivity index (χ0n) is 17.8. The highest BCUT2D eigenvalue weighted by atomic mass is 32.1. The molecule has 2 aromatic carbocycles. The van der Waals surface area contributed by atoms with Crippen LogP contribution >= 0.6 is 11.3 Å². The highest BCUT2D eigenvalue weighted by Crippen LogP contribution is 2.30. The molecule has 1 aliphatic rings. The fraction of sp³-hybridized carbons (Fsp3) is 0.308. The summed E-state index contributed by atoms with van der Waals surface area (Å²) in [6.45, 7) is 2.02. The lowest BCUT2D eigenvalue weighted by atomic mass is 10.0. The fourth-order valence-electron chi connectivity index (χ4n) is 4.19. The Morgan fingerprint density at radius 3 is 2.35 bits per heavy atom. The predicted octanol–water partition coefficient (Wildman–Crippen LogP) is 5.43. The predicted molar refractivity (Wildman–Crippen MR) is 126 cm³/mol. The van der Waals surface area contributed by atoms with Gasteiger partial charge < -0.3 is 5.32 Å². The molecule has 0 unspecified atom stereocenters. The van der Waals surface area contributed by atoms with Crippen molar-refractivity contribution in [1.82, 2.24) is 5.32 Å². The first-order valence-corrected chi connectivity index (χ1v) is 11.8. The number of carbonyl (C=O) groups is 2. The summed E-state index contributed by atoms with van der Waals surface area (Å²) in [4.78, 5) is 29.9. The van der Waals surface area contributed by atoms with E-state index in [-0.39, 0.29) is 24.3 Å². The summed E-state index contributed by atoms with van der Waals surface area (Å²) in [5.41, 5.74) is 2.68. The van der Waals surface area contributed by atoms with Gasteiger partial charge in [-0.15, -0.1) is 11.3 Å². The number of benzene rings is 2. The van der Waals surface area contributed by atoms with Gasteiger partial charge in [0.1, 0.15) is 6.04 Å². The lowest BCUT2D eigenvalue weighted by Gasteiger charge is -2.32. The van der Waals surface area contributed by atoms with Crippen LogP contribution in [0, 0.1) is 6.92 Å². The van der Waals surface area contributed by atoms with E-state index in [2.05, 4.69) is 5.32 Å². The summed E-state index contributed by atoms with van der Waals surface area (Å²) >= 11 is 1.56. The van der Waals surface area contributed by atoms with Gasteiger partial charge in [0.2, 0.25) is 11.8 Å². The average molecular weight is 433 g/mol. The summed E-state index contributed by atoms with van der Waals surface area (Å²) in [6.07, 6.45) is 4.55. The smallest absolute Gasteiger partial charge is 0.248 e. The molecule has 4 rings (SSSR count). The monoisotopic (exact) mass is 432 g/mol. The van der Waals surface area contributed by atoms with E-state index in [0.717, 1.165) is 47.4 Å². The molecular weight excluding hydrogens is 404 g/mol. The largest absolute Gasteiger partial charge is 0.351 e. The lowest BCUT2D eigenvalue weighted by Crippen LogP contribution is -2.46. The molecule has 1 atom stereocenters. The van der Waals surface area contributed by atoms with E-state index in [0.29, 0.717) is 0 Å². The maximum atomic E-state index is 13.6. The molecule has 5 heteroatoms. The zero-order chi connectivity index (χ0) is 21.6. The molecule has 160 valence electrons. The van der Waals surface area contributed by atoms with Gasteiger partial charge in [0.15, 0.2) is 0 Å². The number of aryl methyl sites for hydroxylation is 1. The molecule has 2 amide bonds. The number of nitrogens with zero attached hydrogens (tertiary/aromatic N) is 1. The Hall–Kier alpha value is -2.92. The second-order valence-corrected chi connectivity index (χ2v) is 9.19. The quantitative estimate of drug-likeness (QED) is 0.541. The maximum absolute atomic E-state index is 13.6. The van der Waals surface area contributed by atoms with Crippen molar-refractivity contribution in [2.45, 2.75) is 51.1 Å². The Kier molecular flexibility index (Phi) is 6.82. The van der Waals surface area contributed by atoms with Crippen molar-refractivity contribution in [3.8, 4) is 0 Å². The minimum atomic E-state index is -0.712. The van der Waals surface area contributed by atoms with Gasteiger partial charge >= 0.3 is 0 Å². The number of nitrogens with one attached hydrogen (secondary N) is 1. The van der Waals surface area contributed by atoms with Crippen LogP contribution in [-0.4, -0.2) is 17.9 Å². The van der Waals surface area contributed by atoms with Crippen LogP contribution in [0.25, 0.3) is 0 Å². The van der Waals surface area contributed by atoms with Gasteiger partial charge in [0.05, 0.1) is 6.42 Å². The molecule has 3 aromatic rings. The molecule has 31 heavy (non-hydrogen) atoms. The van der Waals surface area contributed by atoms with Crippen molar-refractivity contribution in [2.24, 2.45) is 0 Å². The molecular formula is C26H28N2O2S. The van der Waals surface area contributed by atoms with Crippen molar-refractivity contribution >= 4 is 28.8 Å². The van der Waals surface area contributed by atoms with Crippen molar-refractivity contribution in [1.29, 1.82) is 0 Å².